The van der Waals surface area contributed by atoms with Gasteiger partial charge in [-0.05, 0) is 98.7 Å². The van der Waals surface area contributed by atoms with Crippen molar-refractivity contribution in [2.45, 2.75) is 88.6 Å². The van der Waals surface area contributed by atoms with Crippen molar-refractivity contribution in [3.8, 4) is 5.75 Å². The van der Waals surface area contributed by atoms with Crippen LogP contribution in [0, 0.1) is 11.3 Å². The summed E-state index contributed by atoms with van der Waals surface area (Å²) >= 11 is 0. The molecule has 0 radical (unpaired) electrons. The standard InChI is InChI=1S/C27H32F3NO3/c28-27(29,30)21-4-7-22(8-5-21)34-23-6-3-19-15-18(1-2-20(19)16-23)17-31-26-12-9-25(10-13-26,11-14-26)24(32)33/h1-3,6,15-16,21-22,31H,4-5,7-14,17H2,(H,32,33). The molecule has 0 aliphatic heterocycles. The molecule has 184 valence electrons. The van der Waals surface area contributed by atoms with Gasteiger partial charge in [0, 0.05) is 12.1 Å². The predicted octanol–water partition coefficient (Wildman–Crippen LogP) is 6.61. The van der Waals surface area contributed by atoms with Crippen LogP contribution < -0.4 is 10.1 Å². The highest BCUT2D eigenvalue weighted by Crippen LogP contribution is 2.52. The van der Waals surface area contributed by atoms with Crippen molar-refractivity contribution in [1.82, 2.24) is 5.32 Å². The number of carboxylic acid groups (broad SMARTS) is 1. The van der Waals surface area contributed by atoms with E-state index in [-0.39, 0.29) is 24.5 Å². The highest BCUT2D eigenvalue weighted by molar-refractivity contribution is 5.84. The quantitative estimate of drug-likeness (QED) is 0.494. The van der Waals surface area contributed by atoms with Gasteiger partial charge < -0.3 is 15.2 Å². The van der Waals surface area contributed by atoms with E-state index in [1.165, 1.54) is 5.56 Å². The smallest absolute Gasteiger partial charge is 0.391 e. The molecule has 0 saturated heterocycles. The maximum absolute atomic E-state index is 12.9. The zero-order valence-corrected chi connectivity index (χ0v) is 19.3. The summed E-state index contributed by atoms with van der Waals surface area (Å²) in [7, 11) is 0. The summed E-state index contributed by atoms with van der Waals surface area (Å²) in [6, 6.07) is 12.2. The van der Waals surface area contributed by atoms with Crippen molar-refractivity contribution in [3.63, 3.8) is 0 Å². The number of halogens is 3. The maximum atomic E-state index is 12.9. The molecule has 4 fully saturated rings. The van der Waals surface area contributed by atoms with E-state index in [0.717, 1.165) is 55.8 Å². The fourth-order valence-corrected chi connectivity index (χ4v) is 6.22. The minimum absolute atomic E-state index is 0.0506. The van der Waals surface area contributed by atoms with E-state index in [9.17, 15) is 23.1 Å². The molecule has 4 aliphatic carbocycles. The van der Waals surface area contributed by atoms with Gasteiger partial charge in [0.25, 0.3) is 0 Å². The monoisotopic (exact) mass is 475 g/mol. The van der Waals surface area contributed by atoms with Gasteiger partial charge in [-0.15, -0.1) is 0 Å². The highest BCUT2D eigenvalue weighted by atomic mass is 19.4. The number of carbonyl (C=O) groups is 1. The molecule has 0 amide bonds. The van der Waals surface area contributed by atoms with Gasteiger partial charge in [0.2, 0.25) is 0 Å². The second kappa shape index (κ2) is 8.74. The van der Waals surface area contributed by atoms with Gasteiger partial charge in [-0.2, -0.15) is 13.2 Å². The summed E-state index contributed by atoms with van der Waals surface area (Å²) < 4.78 is 44.7. The Morgan fingerprint density at radius 2 is 1.56 bits per heavy atom. The van der Waals surface area contributed by atoms with Crippen LogP contribution in [0.3, 0.4) is 0 Å². The van der Waals surface area contributed by atoms with Gasteiger partial charge in [-0.3, -0.25) is 4.79 Å². The van der Waals surface area contributed by atoms with Crippen LogP contribution in [-0.2, 0) is 11.3 Å². The topological polar surface area (TPSA) is 58.6 Å². The lowest BCUT2D eigenvalue weighted by Gasteiger charge is -2.51. The molecule has 0 heterocycles. The minimum atomic E-state index is -4.10. The van der Waals surface area contributed by atoms with E-state index < -0.39 is 23.5 Å². The molecule has 2 aromatic rings. The van der Waals surface area contributed by atoms with Gasteiger partial charge in [0.05, 0.1) is 17.4 Å². The Morgan fingerprint density at radius 1 is 0.941 bits per heavy atom. The van der Waals surface area contributed by atoms with Crippen LogP contribution in [0.15, 0.2) is 36.4 Å². The molecular formula is C27H32F3NO3. The normalized spacial score (nSPS) is 31.5. The van der Waals surface area contributed by atoms with Crippen molar-refractivity contribution in [2.24, 2.45) is 11.3 Å². The van der Waals surface area contributed by atoms with E-state index in [2.05, 4.69) is 23.5 Å². The number of hydrogen-bond donors (Lipinski definition) is 2. The number of carboxylic acids is 1. The van der Waals surface area contributed by atoms with Crippen LogP contribution in [0.4, 0.5) is 13.2 Å². The third kappa shape index (κ3) is 4.64. The second-order valence-corrected chi connectivity index (χ2v) is 10.7. The van der Waals surface area contributed by atoms with Crippen molar-refractivity contribution >= 4 is 16.7 Å². The van der Waals surface area contributed by atoms with Crippen LogP contribution >= 0.6 is 0 Å². The average Bonchev–Trinajstić information content (AvgIpc) is 2.83. The molecule has 4 nitrogen and oxygen atoms in total. The Balaban J connectivity index is 1.18. The number of aliphatic carboxylic acids is 1. The van der Waals surface area contributed by atoms with Crippen LogP contribution in [-0.4, -0.2) is 28.9 Å². The van der Waals surface area contributed by atoms with E-state index in [0.29, 0.717) is 18.6 Å². The number of nitrogens with one attached hydrogen (secondary N) is 1. The molecule has 0 spiro atoms. The molecule has 34 heavy (non-hydrogen) atoms. The maximum Gasteiger partial charge on any atom is 0.391 e. The fourth-order valence-electron chi connectivity index (χ4n) is 6.22. The summed E-state index contributed by atoms with van der Waals surface area (Å²) in [6.45, 7) is 0.747. The summed E-state index contributed by atoms with van der Waals surface area (Å²) in [5, 5.41) is 15.5. The molecule has 2 aromatic carbocycles. The third-order valence-electron chi connectivity index (χ3n) is 8.68. The van der Waals surface area contributed by atoms with Gasteiger partial charge in [-0.25, -0.2) is 0 Å². The lowest BCUT2D eigenvalue weighted by molar-refractivity contribution is -0.185. The average molecular weight is 476 g/mol. The van der Waals surface area contributed by atoms with E-state index in [4.69, 9.17) is 4.74 Å². The molecule has 2 N–H and O–H groups in total. The summed E-state index contributed by atoms with van der Waals surface area (Å²) in [6.07, 6.45) is 1.89. The zero-order chi connectivity index (χ0) is 24.0. The fraction of sp³-hybridized carbons (Fsp3) is 0.593. The number of hydrogen-bond acceptors (Lipinski definition) is 3. The molecule has 0 aromatic heterocycles. The van der Waals surface area contributed by atoms with Crippen LogP contribution in [0.1, 0.15) is 69.8 Å². The summed E-state index contributed by atoms with van der Waals surface area (Å²) in [4.78, 5) is 11.7. The largest absolute Gasteiger partial charge is 0.490 e. The molecule has 7 heteroatoms. The Morgan fingerprint density at radius 3 is 2.18 bits per heavy atom. The van der Waals surface area contributed by atoms with Gasteiger partial charge in [-0.1, -0.05) is 18.2 Å². The summed E-state index contributed by atoms with van der Waals surface area (Å²) in [5.41, 5.74) is 0.736. The van der Waals surface area contributed by atoms with Crippen LogP contribution in [0.2, 0.25) is 0 Å². The minimum Gasteiger partial charge on any atom is -0.490 e. The first-order valence-electron chi connectivity index (χ1n) is 12.4. The Hall–Kier alpha value is -2.28. The van der Waals surface area contributed by atoms with E-state index >= 15 is 0 Å². The van der Waals surface area contributed by atoms with Gasteiger partial charge in [0.1, 0.15) is 5.75 Å². The summed E-state index contributed by atoms with van der Waals surface area (Å²) in [5.74, 6) is -1.12. The van der Waals surface area contributed by atoms with Crippen LogP contribution in [0.5, 0.6) is 5.75 Å². The predicted molar refractivity (Wildman–Crippen MR) is 124 cm³/mol. The first-order valence-corrected chi connectivity index (χ1v) is 12.4. The molecule has 0 atom stereocenters. The Bertz CT molecular complexity index is 1030. The number of benzene rings is 2. The number of fused-ring (bicyclic) bond motifs is 4. The lowest BCUT2D eigenvalue weighted by Crippen LogP contribution is -2.56. The number of alkyl halides is 3. The SMILES string of the molecule is O=C(O)C12CCC(NCc3ccc4cc(OC5CCC(C(F)(F)F)CC5)ccc4c3)(CC1)CC2. The van der Waals surface area contributed by atoms with Crippen molar-refractivity contribution in [1.29, 1.82) is 0 Å². The first-order chi connectivity index (χ1) is 16.2. The van der Waals surface area contributed by atoms with Crippen molar-refractivity contribution in [3.05, 3.63) is 42.0 Å². The second-order valence-electron chi connectivity index (χ2n) is 10.7. The van der Waals surface area contributed by atoms with Gasteiger partial charge in [0.15, 0.2) is 0 Å². The first kappa shape index (κ1) is 23.5. The molecular weight excluding hydrogens is 443 g/mol. The molecule has 2 bridgehead atoms. The highest BCUT2D eigenvalue weighted by Gasteiger charge is 2.52. The third-order valence-corrected chi connectivity index (χ3v) is 8.68. The molecule has 6 rings (SSSR count). The number of rotatable bonds is 6. The van der Waals surface area contributed by atoms with E-state index in [1.54, 1.807) is 0 Å². The van der Waals surface area contributed by atoms with Crippen LogP contribution in [0.25, 0.3) is 10.8 Å². The zero-order valence-electron chi connectivity index (χ0n) is 19.3. The van der Waals surface area contributed by atoms with Crippen molar-refractivity contribution in [2.75, 3.05) is 0 Å². The van der Waals surface area contributed by atoms with Gasteiger partial charge >= 0.3 is 12.1 Å². The molecule has 4 aliphatic rings. The van der Waals surface area contributed by atoms with E-state index in [1.807, 2.05) is 18.2 Å². The van der Waals surface area contributed by atoms with Crippen molar-refractivity contribution < 1.29 is 27.8 Å². The number of ether oxygens (including phenoxy) is 1. The molecule has 0 unspecified atom stereocenters. The Kier molecular flexibility index (Phi) is 6.03. The molecule has 4 saturated carbocycles. The Labute approximate surface area is 197 Å². The lowest BCUT2D eigenvalue weighted by atomic mass is 9.57.